The molecule has 11 heteroatoms. The van der Waals surface area contributed by atoms with E-state index in [-0.39, 0.29) is 48.5 Å². The summed E-state index contributed by atoms with van der Waals surface area (Å²) in [6, 6.07) is 3.83. The standard InChI is InChI=1S/C17H24N4O5S.ClH/c1-13-2-5-15(21(23)24)10-16(13)27(25,26)20-8-6-19(7-9-20)17(22)12-18-11-14-3-4-14;/h2,5,10,14,18H,3-4,6-9,11-12H2,1H3;1H. The lowest BCUT2D eigenvalue weighted by Gasteiger charge is -2.34. The molecule has 2 fully saturated rings. The lowest BCUT2D eigenvalue weighted by atomic mass is 10.2. The maximum Gasteiger partial charge on any atom is 0.270 e. The lowest BCUT2D eigenvalue weighted by molar-refractivity contribution is -0.385. The van der Waals surface area contributed by atoms with Gasteiger partial charge in [-0.15, -0.1) is 12.4 Å². The predicted octanol–water partition coefficient (Wildman–Crippen LogP) is 1.16. The highest BCUT2D eigenvalue weighted by atomic mass is 35.5. The summed E-state index contributed by atoms with van der Waals surface area (Å²) in [5.41, 5.74) is 0.207. The number of halogens is 1. The second-order valence-corrected chi connectivity index (χ2v) is 8.97. The molecule has 1 heterocycles. The van der Waals surface area contributed by atoms with Crippen molar-refractivity contribution in [2.75, 3.05) is 39.3 Å². The third-order valence-electron chi connectivity index (χ3n) is 5.00. The van der Waals surface area contributed by atoms with Crippen molar-refractivity contribution in [3.05, 3.63) is 33.9 Å². The number of carbonyl (C=O) groups is 1. The number of non-ortho nitro benzene ring substituents is 1. The van der Waals surface area contributed by atoms with Crippen molar-refractivity contribution in [3.63, 3.8) is 0 Å². The second-order valence-electron chi connectivity index (χ2n) is 7.07. The van der Waals surface area contributed by atoms with Crippen molar-refractivity contribution in [2.24, 2.45) is 5.92 Å². The zero-order valence-corrected chi connectivity index (χ0v) is 17.3. The van der Waals surface area contributed by atoms with E-state index in [1.165, 1.54) is 29.3 Å². The smallest absolute Gasteiger partial charge is 0.270 e. The number of amides is 1. The number of rotatable bonds is 7. The molecule has 1 saturated heterocycles. The number of benzene rings is 1. The van der Waals surface area contributed by atoms with E-state index in [2.05, 4.69) is 5.32 Å². The van der Waals surface area contributed by atoms with Crippen molar-refractivity contribution in [3.8, 4) is 0 Å². The average Bonchev–Trinajstić information content (AvgIpc) is 3.46. The minimum absolute atomic E-state index is 0. The van der Waals surface area contributed by atoms with Gasteiger partial charge in [-0.3, -0.25) is 14.9 Å². The van der Waals surface area contributed by atoms with Crippen LogP contribution >= 0.6 is 12.4 Å². The predicted molar refractivity (Wildman–Crippen MR) is 106 cm³/mol. The highest BCUT2D eigenvalue weighted by molar-refractivity contribution is 7.89. The van der Waals surface area contributed by atoms with Crippen LogP contribution in [0, 0.1) is 23.0 Å². The van der Waals surface area contributed by atoms with Gasteiger partial charge in [-0.1, -0.05) is 6.07 Å². The maximum atomic E-state index is 12.9. The van der Waals surface area contributed by atoms with E-state index in [4.69, 9.17) is 0 Å². The zero-order chi connectivity index (χ0) is 19.6. The summed E-state index contributed by atoms with van der Waals surface area (Å²) >= 11 is 0. The summed E-state index contributed by atoms with van der Waals surface area (Å²) in [6.45, 7) is 3.73. The minimum Gasteiger partial charge on any atom is -0.339 e. The van der Waals surface area contributed by atoms with Gasteiger partial charge in [0.25, 0.3) is 5.69 Å². The van der Waals surface area contributed by atoms with Crippen LogP contribution in [0.4, 0.5) is 5.69 Å². The van der Waals surface area contributed by atoms with Gasteiger partial charge in [0, 0.05) is 38.3 Å². The number of nitro groups is 1. The molecule has 28 heavy (non-hydrogen) atoms. The van der Waals surface area contributed by atoms with Crippen LogP contribution in [0.5, 0.6) is 0 Å². The van der Waals surface area contributed by atoms with Gasteiger partial charge in [0.1, 0.15) is 0 Å². The number of piperazine rings is 1. The molecule has 0 aromatic heterocycles. The average molecular weight is 433 g/mol. The molecule has 0 radical (unpaired) electrons. The summed E-state index contributed by atoms with van der Waals surface area (Å²) in [4.78, 5) is 24.2. The molecule has 0 atom stereocenters. The van der Waals surface area contributed by atoms with Crippen LogP contribution in [0.25, 0.3) is 0 Å². The summed E-state index contributed by atoms with van der Waals surface area (Å²) in [5.74, 6) is 0.664. The Balaban J connectivity index is 0.00000280. The number of nitrogens with zero attached hydrogens (tertiary/aromatic N) is 3. The molecule has 1 aliphatic heterocycles. The Morgan fingerprint density at radius 3 is 2.46 bits per heavy atom. The van der Waals surface area contributed by atoms with E-state index in [0.717, 1.165) is 12.6 Å². The number of hydrogen-bond acceptors (Lipinski definition) is 6. The summed E-state index contributed by atoms with van der Waals surface area (Å²) in [5, 5.41) is 14.1. The molecular formula is C17H25ClN4O5S. The van der Waals surface area contributed by atoms with Gasteiger partial charge in [-0.05, 0) is 37.8 Å². The summed E-state index contributed by atoms with van der Waals surface area (Å²) < 4.78 is 27.1. The Morgan fingerprint density at radius 1 is 1.25 bits per heavy atom. The Morgan fingerprint density at radius 2 is 1.89 bits per heavy atom. The maximum absolute atomic E-state index is 12.9. The number of nitrogens with one attached hydrogen (secondary N) is 1. The summed E-state index contributed by atoms with van der Waals surface area (Å²) in [7, 11) is -3.84. The molecule has 1 amide bonds. The molecule has 0 bridgehead atoms. The summed E-state index contributed by atoms with van der Waals surface area (Å²) in [6.07, 6.45) is 2.43. The van der Waals surface area contributed by atoms with Crippen LogP contribution in [0.2, 0.25) is 0 Å². The number of aryl methyl sites for hydroxylation is 1. The van der Waals surface area contributed by atoms with Crippen LogP contribution in [0.15, 0.2) is 23.1 Å². The van der Waals surface area contributed by atoms with Crippen LogP contribution in [-0.4, -0.2) is 67.7 Å². The van der Waals surface area contributed by atoms with Crippen molar-refractivity contribution in [1.29, 1.82) is 0 Å². The number of carbonyl (C=O) groups excluding carboxylic acids is 1. The third-order valence-corrected chi connectivity index (χ3v) is 7.04. The fourth-order valence-electron chi connectivity index (χ4n) is 3.11. The molecule has 1 aromatic rings. The molecule has 1 saturated carbocycles. The molecule has 0 spiro atoms. The van der Waals surface area contributed by atoms with E-state index < -0.39 is 14.9 Å². The van der Waals surface area contributed by atoms with Crippen molar-refractivity contribution in [2.45, 2.75) is 24.7 Å². The molecule has 1 aliphatic carbocycles. The van der Waals surface area contributed by atoms with Gasteiger partial charge < -0.3 is 10.2 Å². The van der Waals surface area contributed by atoms with Crippen molar-refractivity contribution in [1.82, 2.24) is 14.5 Å². The molecular weight excluding hydrogens is 408 g/mol. The molecule has 156 valence electrons. The molecule has 0 unspecified atom stereocenters. The minimum atomic E-state index is -3.84. The lowest BCUT2D eigenvalue weighted by Crippen LogP contribution is -2.52. The van der Waals surface area contributed by atoms with E-state index in [1.54, 1.807) is 11.8 Å². The first-order chi connectivity index (χ1) is 12.8. The first-order valence-corrected chi connectivity index (χ1v) is 10.5. The van der Waals surface area contributed by atoms with E-state index >= 15 is 0 Å². The Bertz CT molecular complexity index is 836. The SMILES string of the molecule is Cc1ccc([N+](=O)[O-])cc1S(=O)(=O)N1CCN(C(=O)CNCC2CC2)CC1.Cl. The molecule has 1 aromatic carbocycles. The topological polar surface area (TPSA) is 113 Å². The number of nitro benzene ring substituents is 1. The van der Waals surface area contributed by atoms with Crippen molar-refractivity contribution >= 4 is 34.0 Å². The highest BCUT2D eigenvalue weighted by Crippen LogP contribution is 2.27. The van der Waals surface area contributed by atoms with Gasteiger partial charge in [-0.2, -0.15) is 4.31 Å². The second kappa shape index (κ2) is 9.17. The Labute approximate surface area is 170 Å². The van der Waals surface area contributed by atoms with Gasteiger partial charge in [-0.25, -0.2) is 8.42 Å². The third kappa shape index (κ3) is 5.19. The fraction of sp³-hybridized carbons (Fsp3) is 0.588. The van der Waals surface area contributed by atoms with Gasteiger partial charge in [0.15, 0.2) is 0 Å². The normalized spacial score (nSPS) is 17.8. The van der Waals surface area contributed by atoms with E-state index in [9.17, 15) is 23.3 Å². The first-order valence-electron chi connectivity index (χ1n) is 9.02. The molecule has 1 N–H and O–H groups in total. The Kier molecular flexibility index (Phi) is 7.38. The van der Waals surface area contributed by atoms with Gasteiger partial charge >= 0.3 is 0 Å². The number of sulfonamides is 1. The zero-order valence-electron chi connectivity index (χ0n) is 15.7. The van der Waals surface area contributed by atoms with Crippen molar-refractivity contribution < 1.29 is 18.1 Å². The molecule has 2 aliphatic rings. The van der Waals surface area contributed by atoms with E-state index in [1.807, 2.05) is 0 Å². The highest BCUT2D eigenvalue weighted by Gasteiger charge is 2.32. The molecule has 3 rings (SSSR count). The van der Waals surface area contributed by atoms with Crippen LogP contribution in [0.3, 0.4) is 0 Å². The number of hydrogen-bond donors (Lipinski definition) is 1. The van der Waals surface area contributed by atoms with Gasteiger partial charge in [0.2, 0.25) is 15.9 Å². The largest absolute Gasteiger partial charge is 0.339 e. The Hall–Kier alpha value is -1.75. The van der Waals surface area contributed by atoms with Crippen LogP contribution in [0.1, 0.15) is 18.4 Å². The van der Waals surface area contributed by atoms with Gasteiger partial charge in [0.05, 0.1) is 16.4 Å². The van der Waals surface area contributed by atoms with Crippen LogP contribution in [-0.2, 0) is 14.8 Å². The fourth-order valence-corrected chi connectivity index (χ4v) is 4.78. The van der Waals surface area contributed by atoms with Crippen LogP contribution < -0.4 is 5.32 Å². The monoisotopic (exact) mass is 432 g/mol. The quantitative estimate of drug-likeness (QED) is 0.511. The first kappa shape index (κ1) is 22.5. The molecule has 9 nitrogen and oxygen atoms in total. The van der Waals surface area contributed by atoms with E-state index in [0.29, 0.717) is 24.6 Å².